The molecule has 5 heteroatoms. The maximum absolute atomic E-state index is 11.2. The van der Waals surface area contributed by atoms with Crippen molar-refractivity contribution in [2.24, 2.45) is 0 Å². The Labute approximate surface area is 84.9 Å². The first-order chi connectivity index (χ1) is 6.66. The average Bonchev–Trinajstić information content (AvgIpc) is 2.61. The van der Waals surface area contributed by atoms with Gasteiger partial charge in [-0.25, -0.2) is 8.42 Å². The van der Waals surface area contributed by atoms with E-state index in [1.54, 1.807) is 0 Å². The fourth-order valence-corrected chi connectivity index (χ4v) is 3.55. The van der Waals surface area contributed by atoms with E-state index in [2.05, 4.69) is 5.32 Å². The molecule has 2 heterocycles. The van der Waals surface area contributed by atoms with E-state index in [4.69, 9.17) is 4.74 Å². The van der Waals surface area contributed by atoms with Crippen LogP contribution in [0.5, 0.6) is 0 Å². The standard InChI is InChI=1S/C9H17NO3S/c11-14(12)5-2-8(3-6-14)10-9-1-4-13-7-9/h8-10H,1-7H2. The van der Waals surface area contributed by atoms with Crippen LogP contribution in [0.1, 0.15) is 19.3 Å². The molecule has 0 amide bonds. The molecule has 0 spiro atoms. The molecular formula is C9H17NO3S. The molecule has 0 saturated carbocycles. The van der Waals surface area contributed by atoms with Gasteiger partial charge in [0.25, 0.3) is 0 Å². The van der Waals surface area contributed by atoms with Gasteiger partial charge in [0.15, 0.2) is 0 Å². The first-order valence-electron chi connectivity index (χ1n) is 5.20. The van der Waals surface area contributed by atoms with Gasteiger partial charge in [0.1, 0.15) is 9.84 Å². The Morgan fingerprint density at radius 1 is 1.07 bits per heavy atom. The number of hydrogen-bond acceptors (Lipinski definition) is 4. The summed E-state index contributed by atoms with van der Waals surface area (Å²) in [7, 11) is -2.72. The second kappa shape index (κ2) is 4.16. The zero-order chi connectivity index (χ0) is 10.0. The molecule has 2 aliphatic heterocycles. The van der Waals surface area contributed by atoms with Crippen molar-refractivity contribution in [3.8, 4) is 0 Å². The van der Waals surface area contributed by atoms with Crippen LogP contribution < -0.4 is 5.32 Å². The van der Waals surface area contributed by atoms with Gasteiger partial charge >= 0.3 is 0 Å². The molecule has 1 unspecified atom stereocenters. The lowest BCUT2D eigenvalue weighted by Gasteiger charge is -2.25. The van der Waals surface area contributed by atoms with Crippen LogP contribution in [0.2, 0.25) is 0 Å². The highest BCUT2D eigenvalue weighted by Crippen LogP contribution is 2.14. The summed E-state index contributed by atoms with van der Waals surface area (Å²) in [5, 5.41) is 3.47. The zero-order valence-corrected chi connectivity index (χ0v) is 9.05. The summed E-state index contributed by atoms with van der Waals surface area (Å²) in [5.74, 6) is 0.691. The summed E-state index contributed by atoms with van der Waals surface area (Å²) in [6.07, 6.45) is 2.58. The van der Waals surface area contributed by atoms with E-state index in [1.165, 1.54) is 0 Å². The number of hydrogen-bond donors (Lipinski definition) is 1. The normalized spacial score (nSPS) is 33.3. The molecule has 0 aromatic carbocycles. The summed E-state index contributed by atoms with van der Waals surface area (Å²) in [6.45, 7) is 1.62. The van der Waals surface area contributed by atoms with Crippen molar-refractivity contribution in [3.05, 3.63) is 0 Å². The summed E-state index contributed by atoms with van der Waals surface area (Å²) >= 11 is 0. The average molecular weight is 219 g/mol. The molecule has 2 fully saturated rings. The fourth-order valence-electron chi connectivity index (χ4n) is 2.06. The second-order valence-electron chi connectivity index (χ2n) is 4.15. The molecule has 4 nitrogen and oxygen atoms in total. The van der Waals surface area contributed by atoms with E-state index in [1.807, 2.05) is 0 Å². The van der Waals surface area contributed by atoms with Crippen LogP contribution in [0, 0.1) is 0 Å². The van der Waals surface area contributed by atoms with Gasteiger partial charge in [-0.05, 0) is 19.3 Å². The number of rotatable bonds is 2. The summed E-state index contributed by atoms with van der Waals surface area (Å²) in [5.41, 5.74) is 0. The largest absolute Gasteiger partial charge is 0.380 e. The fraction of sp³-hybridized carbons (Fsp3) is 1.00. The maximum atomic E-state index is 11.2. The van der Waals surface area contributed by atoms with Crippen molar-refractivity contribution < 1.29 is 13.2 Å². The van der Waals surface area contributed by atoms with E-state index in [0.717, 1.165) is 32.5 Å². The lowest BCUT2D eigenvalue weighted by molar-refractivity contribution is 0.187. The van der Waals surface area contributed by atoms with E-state index in [-0.39, 0.29) is 0 Å². The van der Waals surface area contributed by atoms with Crippen molar-refractivity contribution in [1.82, 2.24) is 5.32 Å². The van der Waals surface area contributed by atoms with Crippen molar-refractivity contribution in [2.75, 3.05) is 24.7 Å². The Bertz CT molecular complexity index is 268. The quantitative estimate of drug-likeness (QED) is 0.707. The van der Waals surface area contributed by atoms with Gasteiger partial charge in [-0.1, -0.05) is 0 Å². The molecule has 2 rings (SSSR count). The monoisotopic (exact) mass is 219 g/mol. The summed E-state index contributed by atoms with van der Waals surface area (Å²) in [4.78, 5) is 0. The molecule has 0 aromatic heterocycles. The molecule has 0 radical (unpaired) electrons. The second-order valence-corrected chi connectivity index (χ2v) is 6.46. The predicted molar refractivity (Wildman–Crippen MR) is 54.0 cm³/mol. The van der Waals surface area contributed by atoms with Gasteiger partial charge in [-0.15, -0.1) is 0 Å². The number of ether oxygens (including phenoxy) is 1. The van der Waals surface area contributed by atoms with Crippen molar-refractivity contribution in [1.29, 1.82) is 0 Å². The summed E-state index contributed by atoms with van der Waals surface area (Å²) < 4.78 is 27.6. The molecule has 0 aliphatic carbocycles. The minimum Gasteiger partial charge on any atom is -0.380 e. The highest BCUT2D eigenvalue weighted by atomic mass is 32.2. The molecule has 2 aliphatic rings. The molecule has 1 atom stereocenters. The number of sulfone groups is 1. The molecule has 2 saturated heterocycles. The van der Waals surface area contributed by atoms with E-state index in [9.17, 15) is 8.42 Å². The third-order valence-corrected chi connectivity index (χ3v) is 4.67. The Balaban J connectivity index is 1.78. The molecule has 14 heavy (non-hydrogen) atoms. The zero-order valence-electron chi connectivity index (χ0n) is 8.24. The Hall–Kier alpha value is -0.130. The van der Waals surface area contributed by atoms with Crippen LogP contribution in [0.3, 0.4) is 0 Å². The van der Waals surface area contributed by atoms with Crippen LogP contribution >= 0.6 is 0 Å². The van der Waals surface area contributed by atoms with Crippen molar-refractivity contribution in [3.63, 3.8) is 0 Å². The van der Waals surface area contributed by atoms with Crippen LogP contribution in [0.4, 0.5) is 0 Å². The SMILES string of the molecule is O=S1(=O)CCC(NC2CCOC2)CC1. The third kappa shape index (κ3) is 2.68. The van der Waals surface area contributed by atoms with Crippen LogP contribution in [-0.4, -0.2) is 45.2 Å². The highest BCUT2D eigenvalue weighted by molar-refractivity contribution is 7.91. The smallest absolute Gasteiger partial charge is 0.150 e. The van der Waals surface area contributed by atoms with Gasteiger partial charge in [0.05, 0.1) is 18.1 Å². The Morgan fingerprint density at radius 2 is 1.79 bits per heavy atom. The van der Waals surface area contributed by atoms with Gasteiger partial charge in [0.2, 0.25) is 0 Å². The maximum Gasteiger partial charge on any atom is 0.150 e. The van der Waals surface area contributed by atoms with Gasteiger partial charge in [-0.2, -0.15) is 0 Å². The van der Waals surface area contributed by atoms with E-state index >= 15 is 0 Å². The van der Waals surface area contributed by atoms with Crippen molar-refractivity contribution >= 4 is 9.84 Å². The highest BCUT2D eigenvalue weighted by Gasteiger charge is 2.26. The molecule has 0 bridgehead atoms. The van der Waals surface area contributed by atoms with Gasteiger partial charge < -0.3 is 10.1 Å². The molecular weight excluding hydrogens is 202 g/mol. The molecule has 1 N–H and O–H groups in total. The topological polar surface area (TPSA) is 55.4 Å². The first-order valence-corrected chi connectivity index (χ1v) is 7.02. The lowest BCUT2D eigenvalue weighted by atomic mass is 10.1. The minimum absolute atomic E-state index is 0.345. The summed E-state index contributed by atoms with van der Waals surface area (Å²) in [6, 6.07) is 0.825. The van der Waals surface area contributed by atoms with Gasteiger partial charge in [-0.3, -0.25) is 0 Å². The minimum atomic E-state index is -2.72. The van der Waals surface area contributed by atoms with Crippen LogP contribution in [-0.2, 0) is 14.6 Å². The number of nitrogens with one attached hydrogen (secondary N) is 1. The van der Waals surface area contributed by atoms with E-state index < -0.39 is 9.84 Å². The van der Waals surface area contributed by atoms with Crippen molar-refractivity contribution in [2.45, 2.75) is 31.3 Å². The molecule has 0 aromatic rings. The van der Waals surface area contributed by atoms with Crippen LogP contribution in [0.15, 0.2) is 0 Å². The third-order valence-electron chi connectivity index (χ3n) is 2.96. The predicted octanol–water partition coefficient (Wildman–Crippen LogP) is -0.0579. The Kier molecular flexibility index (Phi) is 3.09. The molecule has 82 valence electrons. The first kappa shape index (κ1) is 10.4. The van der Waals surface area contributed by atoms with Gasteiger partial charge in [0, 0.05) is 18.7 Å². The lowest BCUT2D eigenvalue weighted by Crippen LogP contribution is -2.43. The Morgan fingerprint density at radius 3 is 2.36 bits per heavy atom. The van der Waals surface area contributed by atoms with E-state index in [0.29, 0.717) is 23.6 Å². The van der Waals surface area contributed by atoms with Crippen LogP contribution in [0.25, 0.3) is 0 Å².